The van der Waals surface area contributed by atoms with Gasteiger partial charge < -0.3 is 15.4 Å². The molecule has 2 aromatic rings. The molecule has 1 fully saturated rings. The summed E-state index contributed by atoms with van der Waals surface area (Å²) in [5.74, 6) is -0.521. The fourth-order valence-electron chi connectivity index (χ4n) is 2.52. The van der Waals surface area contributed by atoms with Crippen LogP contribution in [0.25, 0.3) is 10.1 Å². The number of hydrogen-bond acceptors (Lipinski definition) is 5. The molecule has 1 aliphatic rings. The molecule has 0 radical (unpaired) electrons. The average molecular weight is 304 g/mol. The molecular formula is C15H16N2O3S. The summed E-state index contributed by atoms with van der Waals surface area (Å²) in [6.07, 6.45) is 1.81. The summed E-state index contributed by atoms with van der Waals surface area (Å²) in [4.78, 5) is 24.7. The number of anilines is 1. The third-order valence-corrected chi connectivity index (χ3v) is 4.74. The number of thiophene rings is 1. The highest BCUT2D eigenvalue weighted by molar-refractivity contribution is 7.21. The van der Waals surface area contributed by atoms with Crippen molar-refractivity contribution in [3.8, 4) is 0 Å². The summed E-state index contributed by atoms with van der Waals surface area (Å²) in [6.45, 7) is 0.854. The van der Waals surface area contributed by atoms with E-state index in [1.165, 1.54) is 18.4 Å². The first-order valence-electron chi connectivity index (χ1n) is 6.85. The van der Waals surface area contributed by atoms with Gasteiger partial charge in [0.25, 0.3) is 0 Å². The molecule has 5 nitrogen and oxygen atoms in total. The summed E-state index contributed by atoms with van der Waals surface area (Å²) in [5.41, 5.74) is 0.557. The highest BCUT2D eigenvalue weighted by Gasteiger charge is 2.26. The van der Waals surface area contributed by atoms with Gasteiger partial charge >= 0.3 is 5.97 Å². The van der Waals surface area contributed by atoms with Crippen molar-refractivity contribution in [2.45, 2.75) is 18.9 Å². The monoisotopic (exact) mass is 304 g/mol. The van der Waals surface area contributed by atoms with Gasteiger partial charge in [0, 0.05) is 10.1 Å². The highest BCUT2D eigenvalue weighted by atomic mass is 32.1. The lowest BCUT2D eigenvalue weighted by molar-refractivity contribution is -0.117. The number of fused-ring (bicyclic) bond motifs is 1. The van der Waals surface area contributed by atoms with Crippen LogP contribution in [0.1, 0.15) is 22.5 Å². The molecule has 110 valence electrons. The lowest BCUT2D eigenvalue weighted by Crippen LogP contribution is -2.35. The molecule has 1 amide bonds. The normalized spacial score (nSPS) is 17.9. The molecule has 1 aromatic carbocycles. The Labute approximate surface area is 126 Å². The van der Waals surface area contributed by atoms with Gasteiger partial charge in [0.2, 0.25) is 5.91 Å². The summed E-state index contributed by atoms with van der Waals surface area (Å²) >= 11 is 1.33. The van der Waals surface area contributed by atoms with Crippen molar-refractivity contribution in [3.63, 3.8) is 0 Å². The van der Waals surface area contributed by atoms with Crippen LogP contribution < -0.4 is 10.6 Å². The lowest BCUT2D eigenvalue weighted by Gasteiger charge is -2.11. The van der Waals surface area contributed by atoms with Crippen LogP contribution in [0.5, 0.6) is 0 Å². The van der Waals surface area contributed by atoms with Gasteiger partial charge in [0.1, 0.15) is 4.88 Å². The molecule has 0 aliphatic carbocycles. The van der Waals surface area contributed by atoms with E-state index in [1.54, 1.807) is 0 Å². The van der Waals surface area contributed by atoms with Crippen LogP contribution in [-0.4, -0.2) is 31.6 Å². The minimum atomic E-state index is -0.425. The minimum absolute atomic E-state index is 0.0961. The lowest BCUT2D eigenvalue weighted by atomic mass is 10.2. The van der Waals surface area contributed by atoms with E-state index in [-0.39, 0.29) is 11.9 Å². The van der Waals surface area contributed by atoms with E-state index >= 15 is 0 Å². The van der Waals surface area contributed by atoms with Crippen LogP contribution in [0.15, 0.2) is 24.3 Å². The van der Waals surface area contributed by atoms with E-state index < -0.39 is 5.97 Å². The van der Waals surface area contributed by atoms with Crippen molar-refractivity contribution in [3.05, 3.63) is 29.1 Å². The smallest absolute Gasteiger partial charge is 0.350 e. The molecule has 1 aromatic heterocycles. The fraction of sp³-hybridized carbons (Fsp3) is 0.333. The van der Waals surface area contributed by atoms with Gasteiger partial charge in [-0.05, 0) is 25.5 Å². The molecular weight excluding hydrogens is 288 g/mol. The number of rotatable bonds is 3. The zero-order valence-corrected chi connectivity index (χ0v) is 12.5. The Morgan fingerprint density at radius 3 is 2.90 bits per heavy atom. The summed E-state index contributed by atoms with van der Waals surface area (Å²) < 4.78 is 5.77. The molecule has 21 heavy (non-hydrogen) atoms. The maximum atomic E-state index is 12.3. The summed E-state index contributed by atoms with van der Waals surface area (Å²) in [6, 6.07) is 7.43. The number of esters is 1. The molecule has 1 atom stereocenters. The Balaban J connectivity index is 1.98. The number of carbonyl (C=O) groups excluding carboxylic acids is 2. The summed E-state index contributed by atoms with van der Waals surface area (Å²) in [5, 5.41) is 6.92. The Morgan fingerprint density at radius 1 is 1.38 bits per heavy atom. The third-order valence-electron chi connectivity index (χ3n) is 3.59. The molecule has 2 heterocycles. The molecule has 0 bridgehead atoms. The Bertz CT molecular complexity index is 689. The van der Waals surface area contributed by atoms with Crippen molar-refractivity contribution in [2.24, 2.45) is 0 Å². The van der Waals surface area contributed by atoms with E-state index in [4.69, 9.17) is 4.74 Å². The molecule has 3 rings (SSSR count). The quantitative estimate of drug-likeness (QED) is 0.854. The molecule has 6 heteroatoms. The largest absolute Gasteiger partial charge is 0.465 e. The SMILES string of the molecule is COC(=O)c1sc2ccccc2c1NC(=O)[C@@H]1CCCN1. The minimum Gasteiger partial charge on any atom is -0.465 e. The molecule has 0 saturated carbocycles. The van der Waals surface area contributed by atoms with Gasteiger partial charge in [-0.2, -0.15) is 0 Å². The van der Waals surface area contributed by atoms with E-state index in [2.05, 4.69) is 10.6 Å². The van der Waals surface area contributed by atoms with Crippen molar-refractivity contribution in [2.75, 3.05) is 19.0 Å². The average Bonchev–Trinajstić information content (AvgIpc) is 3.15. The van der Waals surface area contributed by atoms with Gasteiger partial charge in [-0.1, -0.05) is 18.2 Å². The van der Waals surface area contributed by atoms with Crippen LogP contribution in [-0.2, 0) is 9.53 Å². The van der Waals surface area contributed by atoms with Gasteiger partial charge in [-0.3, -0.25) is 4.79 Å². The number of carbonyl (C=O) groups is 2. The Kier molecular flexibility index (Phi) is 3.90. The Morgan fingerprint density at radius 2 is 2.19 bits per heavy atom. The number of ether oxygens (including phenoxy) is 1. The zero-order valence-electron chi connectivity index (χ0n) is 11.6. The van der Waals surface area contributed by atoms with Gasteiger partial charge in [-0.15, -0.1) is 11.3 Å². The van der Waals surface area contributed by atoms with Gasteiger partial charge in [-0.25, -0.2) is 4.79 Å². The molecule has 0 spiro atoms. The first-order chi connectivity index (χ1) is 10.2. The van der Waals surface area contributed by atoms with Crippen molar-refractivity contribution < 1.29 is 14.3 Å². The molecule has 1 aliphatic heterocycles. The van der Waals surface area contributed by atoms with Crippen LogP contribution in [0, 0.1) is 0 Å². The van der Waals surface area contributed by atoms with Gasteiger partial charge in [0.05, 0.1) is 18.8 Å². The van der Waals surface area contributed by atoms with Crippen LogP contribution in [0.4, 0.5) is 5.69 Å². The second-order valence-corrected chi connectivity index (χ2v) is 5.98. The van der Waals surface area contributed by atoms with Crippen LogP contribution in [0.2, 0.25) is 0 Å². The zero-order chi connectivity index (χ0) is 14.8. The van der Waals surface area contributed by atoms with Crippen molar-refractivity contribution >= 4 is 39.0 Å². The topological polar surface area (TPSA) is 67.4 Å². The van der Waals surface area contributed by atoms with Crippen molar-refractivity contribution in [1.82, 2.24) is 5.32 Å². The molecule has 0 unspecified atom stereocenters. The second-order valence-electron chi connectivity index (χ2n) is 4.93. The first kappa shape index (κ1) is 14.0. The predicted octanol–water partition coefficient (Wildman–Crippen LogP) is 2.38. The van der Waals surface area contributed by atoms with Crippen LogP contribution in [0.3, 0.4) is 0 Å². The number of amides is 1. The highest BCUT2D eigenvalue weighted by Crippen LogP contribution is 2.36. The summed E-state index contributed by atoms with van der Waals surface area (Å²) in [7, 11) is 1.34. The van der Waals surface area contributed by atoms with E-state index in [0.717, 1.165) is 29.5 Å². The van der Waals surface area contributed by atoms with E-state index in [0.29, 0.717) is 10.6 Å². The maximum absolute atomic E-state index is 12.3. The number of methoxy groups -OCH3 is 1. The predicted molar refractivity (Wildman–Crippen MR) is 82.8 cm³/mol. The Hall–Kier alpha value is -1.92. The van der Waals surface area contributed by atoms with E-state index in [9.17, 15) is 9.59 Å². The molecule has 1 saturated heterocycles. The van der Waals surface area contributed by atoms with Crippen LogP contribution >= 0.6 is 11.3 Å². The number of hydrogen-bond donors (Lipinski definition) is 2. The third kappa shape index (κ3) is 2.64. The van der Waals surface area contributed by atoms with Crippen molar-refractivity contribution in [1.29, 1.82) is 0 Å². The second kappa shape index (κ2) is 5.83. The molecule has 2 N–H and O–H groups in total. The number of benzene rings is 1. The fourth-order valence-corrected chi connectivity index (χ4v) is 3.60. The maximum Gasteiger partial charge on any atom is 0.350 e. The number of nitrogens with one attached hydrogen (secondary N) is 2. The first-order valence-corrected chi connectivity index (χ1v) is 7.66. The van der Waals surface area contributed by atoms with E-state index in [1.807, 2.05) is 24.3 Å². The standard InChI is InChI=1S/C15H16N2O3S/c1-20-15(19)13-12(9-5-2-3-7-11(9)21-13)17-14(18)10-6-4-8-16-10/h2-3,5,7,10,16H,4,6,8H2,1H3,(H,17,18)/t10-/m0/s1. The van der Waals surface area contributed by atoms with Gasteiger partial charge in [0.15, 0.2) is 0 Å².